The second-order valence-electron chi connectivity index (χ2n) is 2.43. The maximum absolute atomic E-state index is 5.39. The summed E-state index contributed by atoms with van der Waals surface area (Å²) >= 11 is 0. The minimum Gasteiger partial charge on any atom is -0.478 e. The van der Waals surface area contributed by atoms with Crippen molar-refractivity contribution in [1.82, 2.24) is 0 Å². The first kappa shape index (κ1) is 12.0. The van der Waals surface area contributed by atoms with Crippen LogP contribution in [-0.2, 0) is 4.74 Å². The van der Waals surface area contributed by atoms with E-state index in [1.807, 2.05) is 20.8 Å². The highest BCUT2D eigenvalue weighted by atomic mass is 16.5. The molecule has 76 valence electrons. The van der Waals surface area contributed by atoms with Gasteiger partial charge in [0, 0.05) is 24.7 Å². The molecule has 0 aromatic heterocycles. The van der Waals surface area contributed by atoms with Gasteiger partial charge in [-0.2, -0.15) is 0 Å². The lowest BCUT2D eigenvalue weighted by Crippen LogP contribution is -2.16. The number of aliphatic imine (C=N–C) groups is 1. The SMILES string of the molecule is CC.CC/C(=C/N)C1=NCCCO1. The highest BCUT2D eigenvalue weighted by Gasteiger charge is 2.08. The van der Waals surface area contributed by atoms with Crippen molar-refractivity contribution >= 4 is 5.90 Å². The van der Waals surface area contributed by atoms with E-state index >= 15 is 0 Å². The van der Waals surface area contributed by atoms with E-state index in [-0.39, 0.29) is 0 Å². The molecular weight excluding hydrogens is 164 g/mol. The molecule has 3 heteroatoms. The monoisotopic (exact) mass is 184 g/mol. The molecule has 0 fully saturated rings. The normalized spacial score (nSPS) is 16.5. The Morgan fingerprint density at radius 3 is 2.69 bits per heavy atom. The van der Waals surface area contributed by atoms with E-state index in [1.165, 1.54) is 0 Å². The Kier molecular flexibility index (Phi) is 7.07. The molecule has 1 heterocycles. The number of rotatable bonds is 2. The maximum atomic E-state index is 5.39. The molecule has 0 amide bonds. The Labute approximate surface area is 80.7 Å². The number of hydrogen-bond donors (Lipinski definition) is 1. The average molecular weight is 184 g/mol. The van der Waals surface area contributed by atoms with E-state index in [2.05, 4.69) is 4.99 Å². The summed E-state index contributed by atoms with van der Waals surface area (Å²) in [6, 6.07) is 0. The van der Waals surface area contributed by atoms with E-state index in [9.17, 15) is 0 Å². The van der Waals surface area contributed by atoms with Crippen LogP contribution in [0.3, 0.4) is 0 Å². The fourth-order valence-corrected chi connectivity index (χ4v) is 0.994. The summed E-state index contributed by atoms with van der Waals surface area (Å²) in [5.41, 5.74) is 6.40. The number of ether oxygens (including phenoxy) is 1. The van der Waals surface area contributed by atoms with Crippen molar-refractivity contribution in [3.63, 3.8) is 0 Å². The summed E-state index contributed by atoms with van der Waals surface area (Å²) in [6.45, 7) is 7.68. The molecule has 0 aromatic carbocycles. The Balaban J connectivity index is 0.000000671. The van der Waals surface area contributed by atoms with Crippen molar-refractivity contribution < 1.29 is 4.74 Å². The van der Waals surface area contributed by atoms with Crippen LogP contribution in [0.25, 0.3) is 0 Å². The first-order valence-corrected chi connectivity index (χ1v) is 4.97. The average Bonchev–Trinajstić information content (AvgIpc) is 2.24. The van der Waals surface area contributed by atoms with Crippen LogP contribution < -0.4 is 5.73 Å². The lowest BCUT2D eigenvalue weighted by atomic mass is 10.2. The Morgan fingerprint density at radius 2 is 2.31 bits per heavy atom. The van der Waals surface area contributed by atoms with Crippen LogP contribution in [0.15, 0.2) is 16.8 Å². The first-order valence-electron chi connectivity index (χ1n) is 4.97. The molecule has 1 rings (SSSR count). The molecule has 0 spiro atoms. The Hall–Kier alpha value is -0.990. The van der Waals surface area contributed by atoms with Crippen molar-refractivity contribution in [2.24, 2.45) is 10.7 Å². The van der Waals surface area contributed by atoms with Crippen LogP contribution in [0.1, 0.15) is 33.6 Å². The molecule has 0 radical (unpaired) electrons. The summed E-state index contributed by atoms with van der Waals surface area (Å²) in [5.74, 6) is 0.737. The van der Waals surface area contributed by atoms with E-state index < -0.39 is 0 Å². The summed E-state index contributed by atoms with van der Waals surface area (Å²) < 4.78 is 5.32. The predicted molar refractivity (Wildman–Crippen MR) is 56.8 cm³/mol. The third kappa shape index (κ3) is 3.97. The van der Waals surface area contributed by atoms with Gasteiger partial charge in [-0.15, -0.1) is 0 Å². The van der Waals surface area contributed by atoms with Gasteiger partial charge in [0.25, 0.3) is 0 Å². The zero-order valence-electron chi connectivity index (χ0n) is 8.84. The summed E-state index contributed by atoms with van der Waals surface area (Å²) in [4.78, 5) is 4.22. The van der Waals surface area contributed by atoms with Crippen LogP contribution in [-0.4, -0.2) is 19.0 Å². The number of nitrogens with two attached hydrogens (primary N) is 1. The van der Waals surface area contributed by atoms with Crippen molar-refractivity contribution in [2.75, 3.05) is 13.2 Å². The van der Waals surface area contributed by atoms with Gasteiger partial charge in [-0.25, -0.2) is 0 Å². The van der Waals surface area contributed by atoms with E-state index in [4.69, 9.17) is 10.5 Å². The van der Waals surface area contributed by atoms with Crippen molar-refractivity contribution in [1.29, 1.82) is 0 Å². The van der Waals surface area contributed by atoms with Crippen LogP contribution in [0.5, 0.6) is 0 Å². The van der Waals surface area contributed by atoms with Gasteiger partial charge >= 0.3 is 0 Å². The molecule has 2 N–H and O–H groups in total. The van der Waals surface area contributed by atoms with Gasteiger partial charge in [0.05, 0.1) is 6.61 Å². The first-order chi connectivity index (χ1) is 6.38. The van der Waals surface area contributed by atoms with E-state index in [0.29, 0.717) is 0 Å². The van der Waals surface area contributed by atoms with Gasteiger partial charge in [0.15, 0.2) is 0 Å². The van der Waals surface area contributed by atoms with Crippen molar-refractivity contribution in [2.45, 2.75) is 33.6 Å². The van der Waals surface area contributed by atoms with Gasteiger partial charge in [-0.05, 0) is 6.42 Å². The van der Waals surface area contributed by atoms with Gasteiger partial charge in [0.1, 0.15) is 0 Å². The van der Waals surface area contributed by atoms with Gasteiger partial charge in [-0.3, -0.25) is 4.99 Å². The minimum atomic E-state index is 0.737. The molecule has 0 bridgehead atoms. The molecule has 0 unspecified atom stereocenters. The smallest absolute Gasteiger partial charge is 0.213 e. The van der Waals surface area contributed by atoms with Gasteiger partial charge in [-0.1, -0.05) is 20.8 Å². The fourth-order valence-electron chi connectivity index (χ4n) is 0.994. The lowest BCUT2D eigenvalue weighted by molar-refractivity contribution is 0.282. The molecule has 1 aliphatic heterocycles. The second kappa shape index (κ2) is 7.65. The highest BCUT2D eigenvalue weighted by molar-refractivity contribution is 5.93. The molecule has 13 heavy (non-hydrogen) atoms. The fraction of sp³-hybridized carbons (Fsp3) is 0.700. The second-order valence-corrected chi connectivity index (χ2v) is 2.43. The van der Waals surface area contributed by atoms with Crippen LogP contribution >= 0.6 is 0 Å². The standard InChI is InChI=1S/C8H14N2O.C2H6/c1-2-7(6-9)8-10-4-3-5-11-8;1-2/h6H,2-5,9H2,1H3;1-2H3/b7-6-;. The Morgan fingerprint density at radius 1 is 1.62 bits per heavy atom. The Bertz CT molecular complexity index is 185. The van der Waals surface area contributed by atoms with Gasteiger partial charge < -0.3 is 10.5 Å². The molecule has 0 atom stereocenters. The summed E-state index contributed by atoms with van der Waals surface area (Å²) in [7, 11) is 0. The summed E-state index contributed by atoms with van der Waals surface area (Å²) in [5, 5.41) is 0. The molecule has 1 aliphatic rings. The molecule has 0 aromatic rings. The third-order valence-electron chi connectivity index (χ3n) is 1.65. The third-order valence-corrected chi connectivity index (χ3v) is 1.65. The van der Waals surface area contributed by atoms with E-state index in [1.54, 1.807) is 6.20 Å². The summed E-state index contributed by atoms with van der Waals surface area (Å²) in [6.07, 6.45) is 3.48. The number of nitrogens with zero attached hydrogens (tertiary/aromatic N) is 1. The molecule has 0 saturated heterocycles. The van der Waals surface area contributed by atoms with Crippen LogP contribution in [0.2, 0.25) is 0 Å². The minimum absolute atomic E-state index is 0.737. The molecule has 0 aliphatic carbocycles. The van der Waals surface area contributed by atoms with Crippen LogP contribution in [0, 0.1) is 0 Å². The zero-order valence-corrected chi connectivity index (χ0v) is 8.84. The quantitative estimate of drug-likeness (QED) is 0.714. The van der Waals surface area contributed by atoms with Crippen LogP contribution in [0.4, 0.5) is 0 Å². The highest BCUT2D eigenvalue weighted by Crippen LogP contribution is 2.07. The van der Waals surface area contributed by atoms with Crippen molar-refractivity contribution in [3.8, 4) is 0 Å². The largest absolute Gasteiger partial charge is 0.478 e. The molecular formula is C10H20N2O. The zero-order chi connectivity index (χ0) is 10.1. The topological polar surface area (TPSA) is 47.6 Å². The lowest BCUT2D eigenvalue weighted by Gasteiger charge is -2.14. The molecule has 3 nitrogen and oxygen atoms in total. The van der Waals surface area contributed by atoms with Gasteiger partial charge in [0.2, 0.25) is 5.90 Å². The predicted octanol–water partition coefficient (Wildman–Crippen LogP) is 2.08. The number of hydrogen-bond acceptors (Lipinski definition) is 3. The maximum Gasteiger partial charge on any atom is 0.213 e. The molecule has 0 saturated carbocycles. The van der Waals surface area contributed by atoms with Crippen molar-refractivity contribution in [3.05, 3.63) is 11.8 Å². The van der Waals surface area contributed by atoms with E-state index in [0.717, 1.165) is 37.5 Å².